The van der Waals surface area contributed by atoms with E-state index in [9.17, 15) is 9.90 Å². The molecule has 1 aliphatic rings. The molecule has 0 aliphatic heterocycles. The fraction of sp³-hybridized carbons (Fsp3) is 0.500. The van der Waals surface area contributed by atoms with Crippen molar-refractivity contribution in [2.45, 2.75) is 38.3 Å². The van der Waals surface area contributed by atoms with Crippen LogP contribution < -0.4 is 0 Å². The quantitative estimate of drug-likeness (QED) is 0.928. The number of aliphatic carboxylic acids is 1. The predicted octanol–water partition coefficient (Wildman–Crippen LogP) is 3.23. The molecule has 1 aromatic rings. The van der Waals surface area contributed by atoms with E-state index in [-0.39, 0.29) is 6.04 Å². The average Bonchev–Trinajstić information content (AvgIpc) is 2.71. The van der Waals surface area contributed by atoms with Gasteiger partial charge in [0.05, 0.1) is 0 Å². The Morgan fingerprint density at radius 3 is 2.94 bits per heavy atom. The molecule has 0 spiro atoms. The van der Waals surface area contributed by atoms with Crippen LogP contribution in [0.2, 0.25) is 0 Å². The van der Waals surface area contributed by atoms with E-state index in [4.69, 9.17) is 0 Å². The fourth-order valence-corrected chi connectivity index (χ4v) is 3.25. The molecule has 0 radical (unpaired) electrons. The van der Waals surface area contributed by atoms with Gasteiger partial charge in [-0.05, 0) is 49.6 Å². The van der Waals surface area contributed by atoms with Crippen LogP contribution in [0.3, 0.4) is 0 Å². The van der Waals surface area contributed by atoms with Crippen LogP contribution in [-0.4, -0.2) is 29.1 Å². The molecule has 2 atom stereocenters. The van der Waals surface area contributed by atoms with Gasteiger partial charge in [-0.25, -0.2) is 0 Å². The molecule has 0 amide bonds. The summed E-state index contributed by atoms with van der Waals surface area (Å²) in [6.45, 7) is 1.92. The molecule has 1 aliphatic carbocycles. The van der Waals surface area contributed by atoms with Crippen LogP contribution in [0.4, 0.5) is 0 Å². The molecule has 0 fully saturated rings. The lowest BCUT2D eigenvalue weighted by Gasteiger charge is -2.30. The third-order valence-corrected chi connectivity index (χ3v) is 4.30. The zero-order valence-electron chi connectivity index (χ0n) is 10.7. The van der Waals surface area contributed by atoms with Crippen LogP contribution in [0.15, 0.2) is 22.7 Å². The second-order valence-electron chi connectivity index (χ2n) is 4.83. The fourth-order valence-electron chi connectivity index (χ4n) is 2.84. The Bertz CT molecular complexity index is 461. The number of carboxylic acids is 1. The minimum Gasteiger partial charge on any atom is -0.480 e. The van der Waals surface area contributed by atoms with Crippen molar-refractivity contribution >= 4 is 21.9 Å². The molecule has 2 rings (SSSR count). The second kappa shape index (κ2) is 5.41. The number of likely N-dealkylation sites (N-methyl/N-ethyl adjacent to an activating group) is 1. The van der Waals surface area contributed by atoms with Crippen molar-refractivity contribution in [1.29, 1.82) is 0 Å². The topological polar surface area (TPSA) is 40.5 Å². The minimum atomic E-state index is -0.731. The molecule has 1 aromatic carbocycles. The number of hydrogen-bond acceptors (Lipinski definition) is 2. The molecule has 2 unspecified atom stereocenters. The maximum atomic E-state index is 11.2. The smallest absolute Gasteiger partial charge is 0.320 e. The average molecular weight is 312 g/mol. The van der Waals surface area contributed by atoms with Crippen molar-refractivity contribution in [3.05, 3.63) is 33.8 Å². The Morgan fingerprint density at radius 1 is 1.61 bits per heavy atom. The number of nitrogens with zero attached hydrogens (tertiary/aromatic N) is 1. The van der Waals surface area contributed by atoms with E-state index in [0.29, 0.717) is 6.42 Å². The van der Waals surface area contributed by atoms with E-state index in [1.54, 1.807) is 0 Å². The van der Waals surface area contributed by atoms with Crippen molar-refractivity contribution in [2.75, 3.05) is 7.05 Å². The summed E-state index contributed by atoms with van der Waals surface area (Å²) in [5, 5.41) is 9.25. The van der Waals surface area contributed by atoms with Crippen molar-refractivity contribution in [3.8, 4) is 0 Å². The van der Waals surface area contributed by atoms with Gasteiger partial charge >= 0.3 is 5.97 Å². The van der Waals surface area contributed by atoms with Gasteiger partial charge < -0.3 is 5.11 Å². The molecule has 0 bridgehead atoms. The standard InChI is InChI=1S/C14H18BrNO2/c1-3-12(14(17)18)16(2)13-7-4-9-8-10(15)5-6-11(9)13/h5-6,8,12-13H,3-4,7H2,1-2H3,(H,17,18). The summed E-state index contributed by atoms with van der Waals surface area (Å²) in [5.74, 6) is -0.731. The Hall–Kier alpha value is -0.870. The highest BCUT2D eigenvalue weighted by atomic mass is 79.9. The minimum absolute atomic E-state index is 0.231. The van der Waals surface area contributed by atoms with E-state index >= 15 is 0 Å². The molecule has 1 N–H and O–H groups in total. The molecule has 98 valence electrons. The normalized spacial score (nSPS) is 19.9. The lowest BCUT2D eigenvalue weighted by atomic mass is 10.0. The highest BCUT2D eigenvalue weighted by molar-refractivity contribution is 9.10. The van der Waals surface area contributed by atoms with Crippen LogP contribution in [0, 0.1) is 0 Å². The molecule has 0 aromatic heterocycles. The van der Waals surface area contributed by atoms with Gasteiger partial charge in [-0.1, -0.05) is 28.9 Å². The first-order chi connectivity index (χ1) is 8.54. The molecular weight excluding hydrogens is 294 g/mol. The van der Waals surface area contributed by atoms with Crippen molar-refractivity contribution < 1.29 is 9.90 Å². The summed E-state index contributed by atoms with van der Waals surface area (Å²) >= 11 is 3.48. The number of benzene rings is 1. The van der Waals surface area contributed by atoms with E-state index in [0.717, 1.165) is 17.3 Å². The summed E-state index contributed by atoms with van der Waals surface area (Å²) < 4.78 is 1.09. The molecule has 0 saturated heterocycles. The summed E-state index contributed by atoms with van der Waals surface area (Å²) in [5.41, 5.74) is 2.61. The molecule has 4 heteroatoms. The van der Waals surface area contributed by atoms with Gasteiger partial charge in [-0.15, -0.1) is 0 Å². The molecule has 3 nitrogen and oxygen atoms in total. The van der Waals surface area contributed by atoms with Crippen LogP contribution in [0.1, 0.15) is 36.9 Å². The zero-order chi connectivity index (χ0) is 13.3. The van der Waals surface area contributed by atoms with Crippen LogP contribution in [-0.2, 0) is 11.2 Å². The van der Waals surface area contributed by atoms with Gasteiger partial charge in [0, 0.05) is 10.5 Å². The maximum Gasteiger partial charge on any atom is 0.320 e. The third kappa shape index (κ3) is 2.45. The van der Waals surface area contributed by atoms with Gasteiger partial charge in [-0.2, -0.15) is 0 Å². The Kier molecular flexibility index (Phi) is 4.07. The number of hydrogen-bond donors (Lipinski definition) is 1. The van der Waals surface area contributed by atoms with Gasteiger partial charge in [0.2, 0.25) is 0 Å². The van der Waals surface area contributed by atoms with E-state index in [1.807, 2.05) is 24.9 Å². The first-order valence-electron chi connectivity index (χ1n) is 6.27. The predicted molar refractivity (Wildman–Crippen MR) is 74.7 cm³/mol. The third-order valence-electron chi connectivity index (χ3n) is 3.81. The van der Waals surface area contributed by atoms with Gasteiger partial charge in [-0.3, -0.25) is 9.69 Å². The summed E-state index contributed by atoms with van der Waals surface area (Å²) in [6, 6.07) is 6.12. The van der Waals surface area contributed by atoms with Gasteiger partial charge in [0.25, 0.3) is 0 Å². The maximum absolute atomic E-state index is 11.2. The highest BCUT2D eigenvalue weighted by Crippen LogP contribution is 2.37. The first kappa shape index (κ1) is 13.6. The molecule has 0 heterocycles. The number of rotatable bonds is 4. The summed E-state index contributed by atoms with van der Waals surface area (Å²) in [6.07, 6.45) is 2.67. The lowest BCUT2D eigenvalue weighted by Crippen LogP contribution is -2.39. The highest BCUT2D eigenvalue weighted by Gasteiger charge is 2.32. The number of aryl methyl sites for hydroxylation is 1. The Morgan fingerprint density at radius 2 is 2.33 bits per heavy atom. The number of carboxylic acid groups (broad SMARTS) is 1. The number of halogens is 1. The summed E-state index contributed by atoms with van der Waals surface area (Å²) in [4.78, 5) is 13.2. The van der Waals surface area contributed by atoms with Crippen LogP contribution in [0.25, 0.3) is 0 Å². The van der Waals surface area contributed by atoms with Crippen LogP contribution >= 0.6 is 15.9 Å². The molecular formula is C14H18BrNO2. The SMILES string of the molecule is CCC(C(=O)O)N(C)C1CCc2cc(Br)ccc21. The van der Waals surface area contributed by atoms with E-state index in [1.165, 1.54) is 11.1 Å². The molecule has 18 heavy (non-hydrogen) atoms. The Balaban J connectivity index is 2.25. The first-order valence-corrected chi connectivity index (χ1v) is 7.07. The zero-order valence-corrected chi connectivity index (χ0v) is 12.3. The summed E-state index contributed by atoms with van der Waals surface area (Å²) in [7, 11) is 1.92. The van der Waals surface area contributed by atoms with Gasteiger partial charge in [0.1, 0.15) is 6.04 Å². The Labute approximate surface area is 116 Å². The number of fused-ring (bicyclic) bond motifs is 1. The van der Waals surface area contributed by atoms with E-state index in [2.05, 4.69) is 28.1 Å². The van der Waals surface area contributed by atoms with Gasteiger partial charge in [0.15, 0.2) is 0 Å². The van der Waals surface area contributed by atoms with Crippen LogP contribution in [0.5, 0.6) is 0 Å². The second-order valence-corrected chi connectivity index (χ2v) is 5.74. The van der Waals surface area contributed by atoms with E-state index < -0.39 is 12.0 Å². The van der Waals surface area contributed by atoms with Crippen molar-refractivity contribution in [1.82, 2.24) is 4.90 Å². The van der Waals surface area contributed by atoms with Crippen molar-refractivity contribution in [3.63, 3.8) is 0 Å². The molecule has 0 saturated carbocycles. The van der Waals surface area contributed by atoms with Crippen molar-refractivity contribution in [2.24, 2.45) is 0 Å². The largest absolute Gasteiger partial charge is 0.480 e. The lowest BCUT2D eigenvalue weighted by molar-refractivity contribution is -0.143. The monoisotopic (exact) mass is 311 g/mol. The number of carbonyl (C=O) groups is 1.